The lowest BCUT2D eigenvalue weighted by molar-refractivity contribution is 0.415. The Kier molecular flexibility index (Phi) is 3.34. The first-order chi connectivity index (χ1) is 7.29. The Balaban J connectivity index is 2.11. The van der Waals surface area contributed by atoms with Crippen molar-refractivity contribution in [3.05, 3.63) is 23.2 Å². The van der Waals surface area contributed by atoms with Gasteiger partial charge in [0.1, 0.15) is 5.75 Å². The van der Waals surface area contributed by atoms with E-state index in [1.807, 2.05) is 18.2 Å². The maximum Gasteiger partial charge on any atom is 0.121 e. The molecule has 1 atom stereocenters. The number of rotatable bonds is 3. The Morgan fingerprint density at radius 2 is 2.40 bits per heavy atom. The highest BCUT2D eigenvalue weighted by atomic mass is 35.5. The van der Waals surface area contributed by atoms with Crippen LogP contribution in [0.1, 0.15) is 6.42 Å². The van der Waals surface area contributed by atoms with Gasteiger partial charge in [0.2, 0.25) is 0 Å². The molecule has 0 amide bonds. The molecular formula is C11H15ClN2O. The van der Waals surface area contributed by atoms with Crippen molar-refractivity contribution in [1.82, 2.24) is 5.32 Å². The van der Waals surface area contributed by atoms with Gasteiger partial charge in [-0.15, -0.1) is 0 Å². The van der Waals surface area contributed by atoms with Gasteiger partial charge in [-0.1, -0.05) is 11.6 Å². The summed E-state index contributed by atoms with van der Waals surface area (Å²) in [6, 6.07) is 6.11. The topological polar surface area (TPSA) is 33.3 Å². The van der Waals surface area contributed by atoms with Crippen molar-refractivity contribution in [2.45, 2.75) is 12.5 Å². The van der Waals surface area contributed by atoms with Crippen molar-refractivity contribution >= 4 is 17.3 Å². The third kappa shape index (κ3) is 2.55. The predicted molar refractivity (Wildman–Crippen MR) is 62.9 cm³/mol. The summed E-state index contributed by atoms with van der Waals surface area (Å²) in [5, 5.41) is 7.45. The van der Waals surface area contributed by atoms with Crippen molar-refractivity contribution in [2.75, 3.05) is 25.5 Å². The fraction of sp³-hybridized carbons (Fsp3) is 0.455. The summed E-state index contributed by atoms with van der Waals surface area (Å²) in [6.07, 6.45) is 1.13. The molecule has 1 fully saturated rings. The van der Waals surface area contributed by atoms with E-state index in [4.69, 9.17) is 16.3 Å². The molecule has 82 valence electrons. The Labute approximate surface area is 94.8 Å². The van der Waals surface area contributed by atoms with Crippen LogP contribution in [0.2, 0.25) is 5.02 Å². The summed E-state index contributed by atoms with van der Waals surface area (Å²) in [6.45, 7) is 2.06. The summed E-state index contributed by atoms with van der Waals surface area (Å²) in [7, 11) is 1.66. The van der Waals surface area contributed by atoms with Crippen LogP contribution in [0.15, 0.2) is 18.2 Å². The molecule has 2 N–H and O–H groups in total. The van der Waals surface area contributed by atoms with Crippen LogP contribution in [0, 0.1) is 0 Å². The highest BCUT2D eigenvalue weighted by Gasteiger charge is 2.15. The highest BCUT2D eigenvalue weighted by molar-refractivity contribution is 6.33. The molecule has 1 aliphatic rings. The molecule has 0 aliphatic carbocycles. The molecule has 4 heteroatoms. The van der Waals surface area contributed by atoms with Crippen LogP contribution in [-0.4, -0.2) is 26.2 Å². The second kappa shape index (κ2) is 4.73. The fourth-order valence-electron chi connectivity index (χ4n) is 1.74. The van der Waals surface area contributed by atoms with Gasteiger partial charge in [0.25, 0.3) is 0 Å². The van der Waals surface area contributed by atoms with Gasteiger partial charge in [-0.2, -0.15) is 0 Å². The third-order valence-electron chi connectivity index (χ3n) is 2.59. The maximum absolute atomic E-state index is 6.09. The van der Waals surface area contributed by atoms with Gasteiger partial charge in [-0.25, -0.2) is 0 Å². The molecule has 1 aromatic rings. The zero-order chi connectivity index (χ0) is 10.7. The van der Waals surface area contributed by atoms with E-state index in [0.29, 0.717) is 6.04 Å². The average molecular weight is 227 g/mol. The fourth-order valence-corrected chi connectivity index (χ4v) is 1.91. The Hall–Kier alpha value is -0.930. The van der Waals surface area contributed by atoms with Gasteiger partial charge < -0.3 is 15.4 Å². The summed E-state index contributed by atoms with van der Waals surface area (Å²) in [5.74, 6) is 0.827. The van der Waals surface area contributed by atoms with E-state index in [1.54, 1.807) is 7.11 Å². The SMILES string of the molecule is COc1ccc(Cl)c(NC2CCNC2)c1. The van der Waals surface area contributed by atoms with Crippen molar-refractivity contribution in [2.24, 2.45) is 0 Å². The normalized spacial score (nSPS) is 20.3. The van der Waals surface area contributed by atoms with Gasteiger partial charge in [-0.3, -0.25) is 0 Å². The molecule has 0 saturated carbocycles. The zero-order valence-electron chi connectivity index (χ0n) is 8.72. The van der Waals surface area contributed by atoms with Crippen LogP contribution in [0.3, 0.4) is 0 Å². The monoisotopic (exact) mass is 226 g/mol. The molecule has 15 heavy (non-hydrogen) atoms. The molecule has 0 bridgehead atoms. The van der Waals surface area contributed by atoms with Gasteiger partial charge in [0, 0.05) is 18.7 Å². The van der Waals surface area contributed by atoms with E-state index in [0.717, 1.165) is 36.0 Å². The van der Waals surface area contributed by atoms with Gasteiger partial charge in [0.15, 0.2) is 0 Å². The Morgan fingerprint density at radius 3 is 3.07 bits per heavy atom. The summed E-state index contributed by atoms with van der Waals surface area (Å²) in [5.41, 5.74) is 0.949. The molecule has 0 aromatic heterocycles. The zero-order valence-corrected chi connectivity index (χ0v) is 9.47. The molecule has 3 nitrogen and oxygen atoms in total. The molecule has 1 aromatic carbocycles. The molecule has 1 heterocycles. The standard InChI is InChI=1S/C11H15ClN2O/c1-15-9-2-3-10(12)11(6-9)14-8-4-5-13-7-8/h2-3,6,8,13-14H,4-5,7H2,1H3. The molecule has 0 radical (unpaired) electrons. The van der Waals surface area contributed by atoms with Crippen LogP contribution >= 0.6 is 11.6 Å². The van der Waals surface area contributed by atoms with Gasteiger partial charge >= 0.3 is 0 Å². The molecule has 1 aliphatic heterocycles. The molecule has 0 spiro atoms. The lowest BCUT2D eigenvalue weighted by atomic mass is 10.2. The largest absolute Gasteiger partial charge is 0.497 e. The second-order valence-electron chi connectivity index (χ2n) is 3.68. The summed E-state index contributed by atoms with van der Waals surface area (Å²) in [4.78, 5) is 0. The van der Waals surface area contributed by atoms with Crippen LogP contribution in [-0.2, 0) is 0 Å². The average Bonchev–Trinajstić information content (AvgIpc) is 2.74. The van der Waals surface area contributed by atoms with E-state index in [2.05, 4.69) is 10.6 Å². The van der Waals surface area contributed by atoms with Gasteiger partial charge in [0.05, 0.1) is 17.8 Å². The van der Waals surface area contributed by atoms with Crippen LogP contribution in [0.5, 0.6) is 5.75 Å². The summed E-state index contributed by atoms with van der Waals surface area (Å²) < 4.78 is 5.16. The van der Waals surface area contributed by atoms with Crippen molar-refractivity contribution < 1.29 is 4.74 Å². The summed E-state index contributed by atoms with van der Waals surface area (Å²) >= 11 is 6.09. The van der Waals surface area contributed by atoms with Crippen molar-refractivity contribution in [1.29, 1.82) is 0 Å². The number of benzene rings is 1. The van der Waals surface area contributed by atoms with E-state index in [1.165, 1.54) is 0 Å². The Morgan fingerprint density at radius 1 is 1.53 bits per heavy atom. The number of methoxy groups -OCH3 is 1. The van der Waals surface area contributed by atoms with Crippen molar-refractivity contribution in [3.8, 4) is 5.75 Å². The van der Waals surface area contributed by atoms with Crippen molar-refractivity contribution in [3.63, 3.8) is 0 Å². The predicted octanol–water partition coefficient (Wildman–Crippen LogP) is 2.12. The quantitative estimate of drug-likeness (QED) is 0.829. The smallest absolute Gasteiger partial charge is 0.121 e. The maximum atomic E-state index is 6.09. The molecular weight excluding hydrogens is 212 g/mol. The molecule has 1 saturated heterocycles. The van der Waals surface area contributed by atoms with Crippen LogP contribution in [0.25, 0.3) is 0 Å². The van der Waals surface area contributed by atoms with Crippen LogP contribution in [0.4, 0.5) is 5.69 Å². The number of anilines is 1. The van der Waals surface area contributed by atoms with E-state index < -0.39 is 0 Å². The first-order valence-electron chi connectivity index (χ1n) is 5.10. The Bertz CT molecular complexity index is 337. The minimum atomic E-state index is 0.467. The van der Waals surface area contributed by atoms with Gasteiger partial charge in [-0.05, 0) is 25.1 Å². The molecule has 1 unspecified atom stereocenters. The lowest BCUT2D eigenvalue weighted by Crippen LogP contribution is -2.22. The van der Waals surface area contributed by atoms with E-state index >= 15 is 0 Å². The number of halogens is 1. The lowest BCUT2D eigenvalue weighted by Gasteiger charge is -2.15. The number of hydrogen-bond acceptors (Lipinski definition) is 3. The van der Waals surface area contributed by atoms with Crippen LogP contribution < -0.4 is 15.4 Å². The van der Waals surface area contributed by atoms with E-state index in [9.17, 15) is 0 Å². The minimum Gasteiger partial charge on any atom is -0.497 e. The molecule has 2 rings (SSSR count). The number of hydrogen-bond donors (Lipinski definition) is 2. The second-order valence-corrected chi connectivity index (χ2v) is 4.09. The highest BCUT2D eigenvalue weighted by Crippen LogP contribution is 2.27. The first-order valence-corrected chi connectivity index (χ1v) is 5.48. The minimum absolute atomic E-state index is 0.467. The number of nitrogens with one attached hydrogen (secondary N) is 2. The number of ether oxygens (including phenoxy) is 1. The third-order valence-corrected chi connectivity index (χ3v) is 2.92. The van der Waals surface area contributed by atoms with E-state index in [-0.39, 0.29) is 0 Å². The first kappa shape index (κ1) is 10.6.